The zero-order valence-electron chi connectivity index (χ0n) is 11.1. The van der Waals surface area contributed by atoms with Gasteiger partial charge < -0.3 is 20.3 Å². The van der Waals surface area contributed by atoms with Crippen molar-refractivity contribution in [2.24, 2.45) is 0 Å². The highest BCUT2D eigenvalue weighted by Gasteiger charge is 2.06. The lowest BCUT2D eigenvalue weighted by molar-refractivity contribution is 0.340. The molecule has 106 valence electrons. The molecule has 20 heavy (non-hydrogen) atoms. The van der Waals surface area contributed by atoms with Crippen molar-refractivity contribution in [3.63, 3.8) is 0 Å². The van der Waals surface area contributed by atoms with Crippen LogP contribution < -0.4 is 10.1 Å². The van der Waals surface area contributed by atoms with Crippen LogP contribution in [0.4, 0.5) is 10.1 Å². The summed E-state index contributed by atoms with van der Waals surface area (Å²) in [5.41, 5.74) is 1.45. The largest absolute Gasteiger partial charge is 0.504 e. The Bertz CT molecular complexity index is 602. The van der Waals surface area contributed by atoms with Gasteiger partial charge in [0.15, 0.2) is 11.5 Å². The second-order valence-electron chi connectivity index (χ2n) is 4.25. The molecular formula is C15H16FNO3. The van der Waals surface area contributed by atoms with E-state index in [0.717, 1.165) is 5.56 Å². The minimum atomic E-state index is -0.360. The second-order valence-corrected chi connectivity index (χ2v) is 4.25. The highest BCUT2D eigenvalue weighted by Crippen LogP contribution is 2.28. The molecule has 0 saturated heterocycles. The molecular weight excluding hydrogens is 261 g/mol. The van der Waals surface area contributed by atoms with Gasteiger partial charge in [0.1, 0.15) is 11.6 Å². The van der Waals surface area contributed by atoms with Crippen molar-refractivity contribution < 1.29 is 19.3 Å². The summed E-state index contributed by atoms with van der Waals surface area (Å²) in [7, 11) is 0. The number of ether oxygens (including phenoxy) is 1. The molecule has 5 heteroatoms. The van der Waals surface area contributed by atoms with Crippen LogP contribution in [0, 0.1) is 5.82 Å². The highest BCUT2D eigenvalue weighted by atomic mass is 19.1. The molecule has 0 aromatic heterocycles. The summed E-state index contributed by atoms with van der Waals surface area (Å²) < 4.78 is 18.5. The summed E-state index contributed by atoms with van der Waals surface area (Å²) in [6.07, 6.45) is 0. The van der Waals surface area contributed by atoms with E-state index in [2.05, 4.69) is 5.32 Å². The van der Waals surface area contributed by atoms with Gasteiger partial charge >= 0.3 is 0 Å². The second kappa shape index (κ2) is 6.14. The number of hydrogen-bond acceptors (Lipinski definition) is 4. The molecule has 0 aliphatic carbocycles. The number of nitrogens with one attached hydrogen (secondary N) is 1. The average Bonchev–Trinajstić information content (AvgIpc) is 2.42. The Balaban J connectivity index is 2.11. The van der Waals surface area contributed by atoms with E-state index in [4.69, 9.17) is 4.74 Å². The first-order valence-electron chi connectivity index (χ1n) is 6.27. The van der Waals surface area contributed by atoms with Gasteiger partial charge in [0.25, 0.3) is 0 Å². The van der Waals surface area contributed by atoms with Crippen molar-refractivity contribution in [2.45, 2.75) is 13.5 Å². The number of phenols is 2. The Morgan fingerprint density at radius 1 is 1.10 bits per heavy atom. The maximum absolute atomic E-state index is 13.2. The Kier molecular flexibility index (Phi) is 4.30. The summed E-state index contributed by atoms with van der Waals surface area (Å²) in [6, 6.07) is 8.83. The van der Waals surface area contributed by atoms with Gasteiger partial charge in [-0.15, -0.1) is 0 Å². The molecule has 3 N–H and O–H groups in total. The van der Waals surface area contributed by atoms with Gasteiger partial charge in [-0.1, -0.05) is 6.07 Å². The van der Waals surface area contributed by atoms with Crippen LogP contribution in [0.15, 0.2) is 36.4 Å². The van der Waals surface area contributed by atoms with Crippen LogP contribution in [0.3, 0.4) is 0 Å². The van der Waals surface area contributed by atoms with E-state index in [1.54, 1.807) is 12.1 Å². The summed E-state index contributed by atoms with van der Waals surface area (Å²) >= 11 is 0. The molecule has 0 aliphatic rings. The van der Waals surface area contributed by atoms with Gasteiger partial charge in [-0.2, -0.15) is 0 Å². The maximum Gasteiger partial charge on any atom is 0.157 e. The molecule has 2 rings (SSSR count). The minimum absolute atomic E-state index is 0.162. The molecule has 4 nitrogen and oxygen atoms in total. The molecule has 2 aromatic rings. The lowest BCUT2D eigenvalue weighted by Crippen LogP contribution is -2.03. The number of hydrogen-bond donors (Lipinski definition) is 3. The lowest BCUT2D eigenvalue weighted by Gasteiger charge is -2.12. The molecule has 0 bridgehead atoms. The Morgan fingerprint density at radius 3 is 2.60 bits per heavy atom. The summed E-state index contributed by atoms with van der Waals surface area (Å²) in [5.74, 6) is -0.254. The SMILES string of the molecule is CCOc1cc(F)ccc1NCc1ccc(O)c(O)c1. The normalized spacial score (nSPS) is 10.3. The van der Waals surface area contributed by atoms with E-state index in [9.17, 15) is 14.6 Å². The van der Waals surface area contributed by atoms with Crippen LogP contribution in [0.2, 0.25) is 0 Å². The summed E-state index contributed by atoms with van der Waals surface area (Å²) in [6.45, 7) is 2.68. The number of benzene rings is 2. The number of anilines is 1. The topological polar surface area (TPSA) is 61.7 Å². The van der Waals surface area contributed by atoms with Crippen LogP contribution in [-0.4, -0.2) is 16.8 Å². The first-order valence-corrected chi connectivity index (χ1v) is 6.27. The summed E-state index contributed by atoms with van der Waals surface area (Å²) in [5, 5.41) is 21.8. The van der Waals surface area contributed by atoms with Gasteiger partial charge in [-0.3, -0.25) is 0 Å². The van der Waals surface area contributed by atoms with Crippen molar-refractivity contribution in [2.75, 3.05) is 11.9 Å². The predicted octanol–water partition coefficient (Wildman–Crippen LogP) is 3.25. The fourth-order valence-corrected chi connectivity index (χ4v) is 1.79. The smallest absolute Gasteiger partial charge is 0.157 e. The van der Waals surface area contributed by atoms with E-state index in [-0.39, 0.29) is 17.3 Å². The molecule has 2 aromatic carbocycles. The third-order valence-corrected chi connectivity index (χ3v) is 2.77. The number of aromatic hydroxyl groups is 2. The third-order valence-electron chi connectivity index (χ3n) is 2.77. The Morgan fingerprint density at radius 2 is 1.90 bits per heavy atom. The fraction of sp³-hybridized carbons (Fsp3) is 0.200. The third kappa shape index (κ3) is 3.32. The van der Waals surface area contributed by atoms with E-state index < -0.39 is 0 Å². The number of halogens is 1. The quantitative estimate of drug-likeness (QED) is 0.734. The van der Waals surface area contributed by atoms with E-state index in [0.29, 0.717) is 24.6 Å². The zero-order chi connectivity index (χ0) is 14.5. The van der Waals surface area contributed by atoms with Gasteiger partial charge in [0.2, 0.25) is 0 Å². The summed E-state index contributed by atoms with van der Waals surface area (Å²) in [4.78, 5) is 0. The molecule has 0 atom stereocenters. The van der Waals surface area contributed by atoms with Crippen molar-refractivity contribution in [3.8, 4) is 17.2 Å². The standard InChI is InChI=1S/C15H16FNO3/c1-2-20-15-8-11(16)4-5-12(15)17-9-10-3-6-13(18)14(19)7-10/h3-8,17-19H,2,9H2,1H3. The van der Waals surface area contributed by atoms with Crippen molar-refractivity contribution in [1.29, 1.82) is 0 Å². The van der Waals surface area contributed by atoms with E-state index >= 15 is 0 Å². The zero-order valence-corrected chi connectivity index (χ0v) is 11.1. The molecule has 0 radical (unpaired) electrons. The first-order chi connectivity index (χ1) is 9.60. The first kappa shape index (κ1) is 14.0. The molecule has 0 fully saturated rings. The molecule has 0 saturated carbocycles. The van der Waals surface area contributed by atoms with Gasteiger partial charge in [0, 0.05) is 12.6 Å². The van der Waals surface area contributed by atoms with Crippen LogP contribution in [0.5, 0.6) is 17.2 Å². The van der Waals surface area contributed by atoms with Crippen molar-refractivity contribution in [1.82, 2.24) is 0 Å². The fourth-order valence-electron chi connectivity index (χ4n) is 1.79. The van der Waals surface area contributed by atoms with Gasteiger partial charge in [-0.05, 0) is 36.8 Å². The average molecular weight is 277 g/mol. The van der Waals surface area contributed by atoms with Crippen LogP contribution in [0.25, 0.3) is 0 Å². The van der Waals surface area contributed by atoms with Gasteiger partial charge in [-0.25, -0.2) is 4.39 Å². The molecule has 0 heterocycles. The predicted molar refractivity (Wildman–Crippen MR) is 74.7 cm³/mol. The Labute approximate surface area is 116 Å². The van der Waals surface area contributed by atoms with E-state index in [1.165, 1.54) is 24.3 Å². The number of phenolic OH excluding ortho intramolecular Hbond substituents is 2. The van der Waals surface area contributed by atoms with Crippen molar-refractivity contribution >= 4 is 5.69 Å². The van der Waals surface area contributed by atoms with Gasteiger partial charge in [0.05, 0.1) is 12.3 Å². The van der Waals surface area contributed by atoms with Crippen LogP contribution in [0.1, 0.15) is 12.5 Å². The highest BCUT2D eigenvalue weighted by molar-refractivity contribution is 5.57. The molecule has 0 spiro atoms. The number of rotatable bonds is 5. The van der Waals surface area contributed by atoms with E-state index in [1.807, 2.05) is 6.92 Å². The Hall–Kier alpha value is -2.43. The molecule has 0 aliphatic heterocycles. The minimum Gasteiger partial charge on any atom is -0.504 e. The van der Waals surface area contributed by atoms with Crippen LogP contribution in [-0.2, 0) is 6.54 Å². The molecule has 0 amide bonds. The monoisotopic (exact) mass is 277 g/mol. The van der Waals surface area contributed by atoms with Crippen LogP contribution >= 0.6 is 0 Å². The van der Waals surface area contributed by atoms with Crippen molar-refractivity contribution in [3.05, 3.63) is 47.8 Å². The molecule has 0 unspecified atom stereocenters. The maximum atomic E-state index is 13.2. The lowest BCUT2D eigenvalue weighted by atomic mass is 10.2.